The molecule has 0 atom stereocenters. The molecular weight excluding hydrogens is 332 g/mol. The number of rotatable bonds is 9. The third-order valence-corrected chi connectivity index (χ3v) is 4.43. The average Bonchev–Trinajstić information content (AvgIpc) is 2.70. The molecule has 0 saturated carbocycles. The smallest absolute Gasteiger partial charge is 0.191 e. The highest BCUT2D eigenvalue weighted by Crippen LogP contribution is 2.27. The summed E-state index contributed by atoms with van der Waals surface area (Å²) < 4.78 is 16.0. The Balaban J connectivity index is 1.66. The van der Waals surface area contributed by atoms with E-state index in [1.165, 1.54) is 6.42 Å². The summed E-state index contributed by atoms with van der Waals surface area (Å²) in [6, 6.07) is 5.91. The molecule has 1 aliphatic rings. The Morgan fingerprint density at radius 1 is 1.12 bits per heavy atom. The summed E-state index contributed by atoms with van der Waals surface area (Å²) in [7, 11) is 5.07. The highest BCUT2D eigenvalue weighted by atomic mass is 16.5. The van der Waals surface area contributed by atoms with Gasteiger partial charge in [-0.05, 0) is 37.1 Å². The molecular formula is C19H32N4O3. The minimum Gasteiger partial charge on any atom is -0.493 e. The van der Waals surface area contributed by atoms with Gasteiger partial charge in [0, 0.05) is 33.2 Å². The number of unbranched alkanes of at least 4 members (excludes halogenated alkanes) is 1. The predicted octanol–water partition coefficient (Wildman–Crippen LogP) is 1.48. The van der Waals surface area contributed by atoms with Gasteiger partial charge in [-0.1, -0.05) is 6.07 Å². The first-order valence-corrected chi connectivity index (χ1v) is 9.22. The van der Waals surface area contributed by atoms with Gasteiger partial charge in [0.15, 0.2) is 17.5 Å². The van der Waals surface area contributed by atoms with Crippen LogP contribution in [0.25, 0.3) is 0 Å². The fourth-order valence-electron chi connectivity index (χ4n) is 2.89. The molecule has 1 saturated heterocycles. The fourth-order valence-corrected chi connectivity index (χ4v) is 2.89. The summed E-state index contributed by atoms with van der Waals surface area (Å²) in [5.74, 6) is 2.28. The van der Waals surface area contributed by atoms with Gasteiger partial charge in [-0.15, -0.1) is 0 Å². The molecule has 1 aliphatic heterocycles. The van der Waals surface area contributed by atoms with E-state index in [0.29, 0.717) is 6.54 Å². The number of methoxy groups -OCH3 is 2. The van der Waals surface area contributed by atoms with E-state index < -0.39 is 0 Å². The number of nitrogens with one attached hydrogen (secondary N) is 2. The van der Waals surface area contributed by atoms with Crippen LogP contribution in [0.4, 0.5) is 0 Å². The second-order valence-corrected chi connectivity index (χ2v) is 6.20. The van der Waals surface area contributed by atoms with Crippen LogP contribution in [-0.4, -0.2) is 71.5 Å². The van der Waals surface area contributed by atoms with Gasteiger partial charge in [-0.25, -0.2) is 0 Å². The van der Waals surface area contributed by atoms with E-state index in [9.17, 15) is 0 Å². The van der Waals surface area contributed by atoms with Crippen molar-refractivity contribution >= 4 is 5.96 Å². The lowest BCUT2D eigenvalue weighted by Crippen LogP contribution is -2.38. The number of ether oxygens (including phenoxy) is 3. The van der Waals surface area contributed by atoms with E-state index >= 15 is 0 Å². The van der Waals surface area contributed by atoms with Gasteiger partial charge in [-0.3, -0.25) is 9.89 Å². The lowest BCUT2D eigenvalue weighted by molar-refractivity contribution is 0.0372. The number of morpholine rings is 1. The van der Waals surface area contributed by atoms with Crippen LogP contribution in [0.1, 0.15) is 18.4 Å². The summed E-state index contributed by atoms with van der Waals surface area (Å²) in [4.78, 5) is 6.74. The number of hydrogen-bond acceptors (Lipinski definition) is 5. The van der Waals surface area contributed by atoms with E-state index in [1.807, 2.05) is 18.2 Å². The molecule has 2 N–H and O–H groups in total. The van der Waals surface area contributed by atoms with Crippen LogP contribution in [-0.2, 0) is 11.3 Å². The van der Waals surface area contributed by atoms with Crippen molar-refractivity contribution in [3.05, 3.63) is 23.8 Å². The van der Waals surface area contributed by atoms with E-state index in [1.54, 1.807) is 21.3 Å². The van der Waals surface area contributed by atoms with Crippen molar-refractivity contribution in [3.63, 3.8) is 0 Å². The normalized spacial score (nSPS) is 15.6. The Bertz CT molecular complexity index is 560. The third kappa shape index (κ3) is 6.72. The Hall–Kier alpha value is -1.99. The Morgan fingerprint density at radius 2 is 1.88 bits per heavy atom. The number of benzene rings is 1. The molecule has 0 spiro atoms. The van der Waals surface area contributed by atoms with Crippen molar-refractivity contribution in [1.29, 1.82) is 0 Å². The zero-order valence-corrected chi connectivity index (χ0v) is 16.2. The molecule has 0 amide bonds. The van der Waals surface area contributed by atoms with Gasteiger partial charge in [-0.2, -0.15) is 0 Å². The van der Waals surface area contributed by atoms with Crippen LogP contribution in [0.2, 0.25) is 0 Å². The Kier molecular flexibility index (Phi) is 9.06. The maximum Gasteiger partial charge on any atom is 0.191 e. The molecule has 0 aliphatic carbocycles. The minimum absolute atomic E-state index is 0.674. The summed E-state index contributed by atoms with van der Waals surface area (Å²) in [5.41, 5.74) is 1.11. The van der Waals surface area contributed by atoms with Crippen molar-refractivity contribution in [2.45, 2.75) is 19.4 Å². The van der Waals surface area contributed by atoms with Gasteiger partial charge in [0.1, 0.15) is 0 Å². The summed E-state index contributed by atoms with van der Waals surface area (Å²) >= 11 is 0. The van der Waals surface area contributed by atoms with Crippen molar-refractivity contribution in [2.75, 3.05) is 60.7 Å². The summed E-state index contributed by atoms with van der Waals surface area (Å²) in [5, 5.41) is 6.70. The highest BCUT2D eigenvalue weighted by molar-refractivity contribution is 5.79. The molecule has 1 aromatic carbocycles. The second-order valence-electron chi connectivity index (χ2n) is 6.20. The van der Waals surface area contributed by atoms with Gasteiger partial charge in [0.05, 0.1) is 27.4 Å². The topological polar surface area (TPSA) is 67.4 Å². The monoisotopic (exact) mass is 364 g/mol. The first-order chi connectivity index (χ1) is 12.8. The van der Waals surface area contributed by atoms with Crippen LogP contribution in [0.15, 0.2) is 23.2 Å². The van der Waals surface area contributed by atoms with E-state index in [-0.39, 0.29) is 0 Å². The molecule has 0 unspecified atom stereocenters. The highest BCUT2D eigenvalue weighted by Gasteiger charge is 2.09. The average molecular weight is 364 g/mol. The number of guanidine groups is 1. The van der Waals surface area contributed by atoms with Crippen LogP contribution >= 0.6 is 0 Å². The maximum absolute atomic E-state index is 5.37. The number of hydrogen-bond donors (Lipinski definition) is 2. The predicted molar refractivity (Wildman–Crippen MR) is 104 cm³/mol. The zero-order valence-electron chi connectivity index (χ0n) is 16.2. The van der Waals surface area contributed by atoms with Gasteiger partial charge < -0.3 is 24.8 Å². The van der Waals surface area contributed by atoms with Crippen molar-refractivity contribution in [2.24, 2.45) is 4.99 Å². The standard InChI is InChI=1S/C19H32N4O3/c1-20-19(21-8-4-5-9-23-10-12-26-13-11-23)22-15-16-6-7-17(24-2)18(14-16)25-3/h6-7,14H,4-5,8-13,15H2,1-3H3,(H2,20,21,22). The quantitative estimate of drug-likeness (QED) is 0.393. The van der Waals surface area contributed by atoms with Crippen molar-refractivity contribution in [1.82, 2.24) is 15.5 Å². The minimum atomic E-state index is 0.674. The SMILES string of the molecule is CN=C(NCCCCN1CCOCC1)NCc1ccc(OC)c(OC)c1. The largest absolute Gasteiger partial charge is 0.493 e. The molecule has 146 valence electrons. The molecule has 0 radical (unpaired) electrons. The molecule has 2 rings (SSSR count). The fraction of sp³-hybridized carbons (Fsp3) is 0.632. The first-order valence-electron chi connectivity index (χ1n) is 9.22. The summed E-state index contributed by atoms with van der Waals surface area (Å²) in [6.07, 6.45) is 2.30. The van der Waals surface area contributed by atoms with Crippen molar-refractivity contribution in [3.8, 4) is 11.5 Å². The van der Waals surface area contributed by atoms with Crippen LogP contribution in [0, 0.1) is 0 Å². The third-order valence-electron chi connectivity index (χ3n) is 4.43. The lowest BCUT2D eigenvalue weighted by atomic mass is 10.2. The second kappa shape index (κ2) is 11.6. The van der Waals surface area contributed by atoms with Gasteiger partial charge >= 0.3 is 0 Å². The molecule has 0 aromatic heterocycles. The van der Waals surface area contributed by atoms with Gasteiger partial charge in [0.2, 0.25) is 0 Å². The van der Waals surface area contributed by atoms with Crippen LogP contribution in [0.3, 0.4) is 0 Å². The number of aliphatic imine (C=N–C) groups is 1. The molecule has 1 aromatic rings. The van der Waals surface area contributed by atoms with E-state index in [0.717, 1.165) is 68.8 Å². The molecule has 0 bridgehead atoms. The van der Waals surface area contributed by atoms with Crippen molar-refractivity contribution < 1.29 is 14.2 Å². The summed E-state index contributed by atoms with van der Waals surface area (Å²) in [6.45, 7) is 6.58. The van der Waals surface area contributed by atoms with E-state index in [4.69, 9.17) is 14.2 Å². The zero-order chi connectivity index (χ0) is 18.6. The van der Waals surface area contributed by atoms with Gasteiger partial charge in [0.25, 0.3) is 0 Å². The maximum atomic E-state index is 5.37. The number of nitrogens with zero attached hydrogens (tertiary/aromatic N) is 2. The van der Waals surface area contributed by atoms with E-state index in [2.05, 4.69) is 20.5 Å². The van der Waals surface area contributed by atoms with Crippen LogP contribution in [0.5, 0.6) is 11.5 Å². The lowest BCUT2D eigenvalue weighted by Gasteiger charge is -2.26. The first kappa shape index (κ1) is 20.3. The molecule has 1 fully saturated rings. The molecule has 7 heteroatoms. The Labute approximate surface area is 156 Å². The molecule has 26 heavy (non-hydrogen) atoms. The Morgan fingerprint density at radius 3 is 2.58 bits per heavy atom. The molecule has 1 heterocycles. The van der Waals surface area contributed by atoms with Crippen LogP contribution < -0.4 is 20.1 Å². The molecule has 7 nitrogen and oxygen atoms in total.